The van der Waals surface area contributed by atoms with Crippen molar-refractivity contribution in [2.45, 2.75) is 38.6 Å². The van der Waals surface area contributed by atoms with Gasteiger partial charge in [-0.05, 0) is 36.6 Å². The third-order valence-electron chi connectivity index (χ3n) is 4.41. The van der Waals surface area contributed by atoms with E-state index in [9.17, 15) is 14.4 Å². The van der Waals surface area contributed by atoms with E-state index in [1.165, 1.54) is 6.21 Å². The molecule has 2 aromatic carbocycles. The zero-order chi connectivity index (χ0) is 22.5. The molecule has 1 atom stereocenters. The zero-order valence-electron chi connectivity index (χ0n) is 17.5. The van der Waals surface area contributed by atoms with E-state index in [2.05, 4.69) is 15.7 Å². The highest BCUT2D eigenvalue weighted by Gasteiger charge is 2.18. The fourth-order valence-electron chi connectivity index (χ4n) is 2.98. The largest absolute Gasteiger partial charge is 0.466 e. The monoisotopic (exact) mass is 424 g/mol. The number of benzene rings is 2. The lowest BCUT2D eigenvalue weighted by atomic mass is 10.0. The molecule has 0 aliphatic heterocycles. The lowest BCUT2D eigenvalue weighted by Crippen LogP contribution is -2.38. The molecule has 0 aliphatic carbocycles. The number of esters is 1. The summed E-state index contributed by atoms with van der Waals surface area (Å²) in [7, 11) is 0. The number of amides is 2. The van der Waals surface area contributed by atoms with Gasteiger partial charge in [-0.15, -0.1) is 0 Å². The maximum atomic E-state index is 12.4. The Kier molecular flexibility index (Phi) is 9.74. The van der Waals surface area contributed by atoms with Gasteiger partial charge in [0.25, 0.3) is 0 Å². The second kappa shape index (κ2) is 12.8. The summed E-state index contributed by atoms with van der Waals surface area (Å²) in [6, 6.07) is 16.1. The first kappa shape index (κ1) is 23.6. The molecule has 2 aromatic rings. The highest BCUT2D eigenvalue weighted by molar-refractivity contribution is 5.93. The van der Waals surface area contributed by atoms with E-state index in [-0.39, 0.29) is 43.7 Å². The summed E-state index contributed by atoms with van der Waals surface area (Å²) < 4.78 is 5.01. The van der Waals surface area contributed by atoms with Gasteiger partial charge in [0.1, 0.15) is 0 Å². The van der Waals surface area contributed by atoms with E-state index < -0.39 is 6.04 Å². The Labute approximate surface area is 181 Å². The SMILES string of the molecule is CCOC(=O)CC(Cc1ccccc1)NC(=O)CCC(=O)Nc1ccc(C=NN)cc1. The third kappa shape index (κ3) is 9.12. The van der Waals surface area contributed by atoms with Crippen molar-refractivity contribution in [1.29, 1.82) is 0 Å². The van der Waals surface area contributed by atoms with Crippen molar-refractivity contribution in [3.05, 3.63) is 65.7 Å². The van der Waals surface area contributed by atoms with E-state index in [0.717, 1.165) is 11.1 Å². The van der Waals surface area contributed by atoms with Crippen LogP contribution in [0.2, 0.25) is 0 Å². The number of rotatable bonds is 11. The summed E-state index contributed by atoms with van der Waals surface area (Å²) in [5.74, 6) is 4.16. The second-order valence-corrected chi connectivity index (χ2v) is 6.91. The summed E-state index contributed by atoms with van der Waals surface area (Å²) >= 11 is 0. The predicted octanol–water partition coefficient (Wildman–Crippen LogP) is 2.38. The molecule has 0 bridgehead atoms. The standard InChI is InChI=1S/C23H28N4O4/c1-2-31-23(30)15-20(14-17-6-4-3-5-7-17)27-22(29)13-12-21(28)26-19-10-8-18(9-11-19)16-25-24/h3-11,16,20H,2,12-15,24H2,1H3,(H,26,28)(H,27,29). The first-order chi connectivity index (χ1) is 15.0. The summed E-state index contributed by atoms with van der Waals surface area (Å²) in [5.41, 5.74) is 2.42. The molecule has 0 radical (unpaired) electrons. The number of nitrogens with zero attached hydrogens (tertiary/aromatic N) is 1. The lowest BCUT2D eigenvalue weighted by molar-refractivity contribution is -0.143. The molecule has 2 amide bonds. The average Bonchev–Trinajstić information content (AvgIpc) is 2.75. The van der Waals surface area contributed by atoms with Gasteiger partial charge in [0.05, 0.1) is 19.2 Å². The number of anilines is 1. The maximum Gasteiger partial charge on any atom is 0.307 e. The Balaban J connectivity index is 1.85. The van der Waals surface area contributed by atoms with Gasteiger partial charge in [0.15, 0.2) is 0 Å². The van der Waals surface area contributed by atoms with Crippen molar-refractivity contribution in [2.24, 2.45) is 10.9 Å². The summed E-state index contributed by atoms with van der Waals surface area (Å²) in [4.78, 5) is 36.4. The van der Waals surface area contributed by atoms with Crippen molar-refractivity contribution in [1.82, 2.24) is 5.32 Å². The second-order valence-electron chi connectivity index (χ2n) is 6.91. The van der Waals surface area contributed by atoms with Crippen LogP contribution in [0, 0.1) is 0 Å². The maximum absolute atomic E-state index is 12.4. The lowest BCUT2D eigenvalue weighted by Gasteiger charge is -2.18. The van der Waals surface area contributed by atoms with Gasteiger partial charge in [-0.1, -0.05) is 42.5 Å². The van der Waals surface area contributed by atoms with Gasteiger partial charge < -0.3 is 21.2 Å². The third-order valence-corrected chi connectivity index (χ3v) is 4.41. The number of carbonyl (C=O) groups excluding carboxylic acids is 3. The molecule has 0 heterocycles. The fraction of sp³-hybridized carbons (Fsp3) is 0.304. The Bertz CT molecular complexity index is 882. The van der Waals surface area contributed by atoms with E-state index in [1.54, 1.807) is 31.2 Å². The fourth-order valence-corrected chi connectivity index (χ4v) is 2.98. The van der Waals surface area contributed by atoms with Crippen molar-refractivity contribution < 1.29 is 19.1 Å². The van der Waals surface area contributed by atoms with Crippen LogP contribution >= 0.6 is 0 Å². The molecular formula is C23H28N4O4. The van der Waals surface area contributed by atoms with E-state index >= 15 is 0 Å². The van der Waals surface area contributed by atoms with Crippen LogP contribution in [0.15, 0.2) is 59.7 Å². The highest BCUT2D eigenvalue weighted by Crippen LogP contribution is 2.10. The van der Waals surface area contributed by atoms with Crippen LogP contribution in [-0.2, 0) is 25.5 Å². The minimum absolute atomic E-state index is 0.0118. The number of nitrogens with two attached hydrogens (primary N) is 1. The molecule has 0 spiro atoms. The van der Waals surface area contributed by atoms with Crippen LogP contribution in [0.3, 0.4) is 0 Å². The molecular weight excluding hydrogens is 396 g/mol. The van der Waals surface area contributed by atoms with Gasteiger partial charge in [-0.3, -0.25) is 14.4 Å². The molecule has 1 unspecified atom stereocenters. The molecule has 0 fully saturated rings. The summed E-state index contributed by atoms with van der Waals surface area (Å²) in [6.45, 7) is 2.02. The Morgan fingerprint density at radius 3 is 2.35 bits per heavy atom. The van der Waals surface area contributed by atoms with E-state index in [4.69, 9.17) is 10.6 Å². The van der Waals surface area contributed by atoms with Gasteiger partial charge >= 0.3 is 5.97 Å². The number of hydrazone groups is 1. The Morgan fingerprint density at radius 1 is 1.03 bits per heavy atom. The van der Waals surface area contributed by atoms with Crippen LogP contribution in [0.1, 0.15) is 37.3 Å². The number of nitrogens with one attached hydrogen (secondary N) is 2. The van der Waals surface area contributed by atoms with Gasteiger partial charge in [0.2, 0.25) is 11.8 Å². The van der Waals surface area contributed by atoms with Gasteiger partial charge in [0, 0.05) is 24.6 Å². The van der Waals surface area contributed by atoms with E-state index in [1.807, 2.05) is 30.3 Å². The molecule has 31 heavy (non-hydrogen) atoms. The first-order valence-corrected chi connectivity index (χ1v) is 10.1. The minimum Gasteiger partial charge on any atom is -0.466 e. The quantitative estimate of drug-likeness (QED) is 0.221. The molecule has 0 saturated heterocycles. The number of hydrogen-bond donors (Lipinski definition) is 3. The first-order valence-electron chi connectivity index (χ1n) is 10.1. The van der Waals surface area contributed by atoms with Crippen LogP contribution in [-0.4, -0.2) is 36.6 Å². The molecule has 8 nitrogen and oxygen atoms in total. The zero-order valence-corrected chi connectivity index (χ0v) is 17.5. The van der Waals surface area contributed by atoms with Crippen LogP contribution in [0.5, 0.6) is 0 Å². The van der Waals surface area contributed by atoms with Crippen molar-refractivity contribution in [3.63, 3.8) is 0 Å². The molecule has 0 aromatic heterocycles. The number of hydrogen-bond acceptors (Lipinski definition) is 6. The normalized spacial score (nSPS) is 11.6. The van der Waals surface area contributed by atoms with Crippen LogP contribution in [0.4, 0.5) is 5.69 Å². The molecule has 4 N–H and O–H groups in total. The number of ether oxygens (including phenoxy) is 1. The minimum atomic E-state index is -0.409. The van der Waals surface area contributed by atoms with Gasteiger partial charge in [-0.2, -0.15) is 5.10 Å². The van der Waals surface area contributed by atoms with E-state index in [0.29, 0.717) is 12.1 Å². The number of carbonyl (C=O) groups is 3. The average molecular weight is 425 g/mol. The highest BCUT2D eigenvalue weighted by atomic mass is 16.5. The molecule has 0 saturated carbocycles. The molecule has 164 valence electrons. The molecule has 2 rings (SSSR count). The van der Waals surface area contributed by atoms with Crippen molar-refractivity contribution >= 4 is 29.7 Å². The molecule has 8 heteroatoms. The smallest absolute Gasteiger partial charge is 0.307 e. The summed E-state index contributed by atoms with van der Waals surface area (Å²) in [6.07, 6.45) is 2.10. The van der Waals surface area contributed by atoms with Crippen LogP contribution in [0.25, 0.3) is 0 Å². The summed E-state index contributed by atoms with van der Waals surface area (Å²) in [5, 5.41) is 9.03. The van der Waals surface area contributed by atoms with Gasteiger partial charge in [-0.25, -0.2) is 0 Å². The predicted molar refractivity (Wildman–Crippen MR) is 119 cm³/mol. The van der Waals surface area contributed by atoms with Crippen LogP contribution < -0.4 is 16.5 Å². The topological polar surface area (TPSA) is 123 Å². The van der Waals surface area contributed by atoms with Crippen molar-refractivity contribution in [3.8, 4) is 0 Å². The Hall–Kier alpha value is -3.68. The Morgan fingerprint density at radius 2 is 1.71 bits per heavy atom. The van der Waals surface area contributed by atoms with Crippen molar-refractivity contribution in [2.75, 3.05) is 11.9 Å². The molecule has 0 aliphatic rings.